The van der Waals surface area contributed by atoms with Crippen LogP contribution in [0.25, 0.3) is 0 Å². The van der Waals surface area contributed by atoms with Crippen molar-refractivity contribution in [1.29, 1.82) is 0 Å². The normalized spacial score (nSPS) is 10.9. The Morgan fingerprint density at radius 3 is 2.35 bits per heavy atom. The fraction of sp³-hybridized carbons (Fsp3) is 0.444. The summed E-state index contributed by atoms with van der Waals surface area (Å²) in [5.41, 5.74) is 0.319. The lowest BCUT2D eigenvalue weighted by molar-refractivity contribution is -0.0168. The van der Waals surface area contributed by atoms with Crippen LogP contribution in [0.15, 0.2) is 43.6 Å². The molecule has 1 aromatic rings. The van der Waals surface area contributed by atoms with Gasteiger partial charge in [0.05, 0.1) is 17.8 Å². The molecule has 0 aliphatic heterocycles. The maximum atomic E-state index is 12.3. The largest absolute Gasteiger partial charge is 0.475 e. The number of amides is 1. The highest BCUT2D eigenvalue weighted by Crippen LogP contribution is 2.11. The second kappa shape index (κ2) is 9.10. The van der Waals surface area contributed by atoms with E-state index in [0.29, 0.717) is 37.7 Å². The highest BCUT2D eigenvalue weighted by molar-refractivity contribution is 5.94. The third kappa shape index (κ3) is 7.10. The standard InChI is InChI=1S/C18H26N2O3/c1-6-10-20(11-7-2)17(21)15-8-9-16(19-14-15)22-12-13-23-18(3,4)5/h6-9,14H,1-2,10-13H2,3-5H3. The smallest absolute Gasteiger partial charge is 0.255 e. The van der Waals surface area contributed by atoms with Crippen LogP contribution in [-0.4, -0.2) is 47.7 Å². The van der Waals surface area contributed by atoms with Gasteiger partial charge in [0.15, 0.2) is 0 Å². The zero-order chi connectivity index (χ0) is 17.3. The summed E-state index contributed by atoms with van der Waals surface area (Å²) in [7, 11) is 0. The molecule has 0 aliphatic carbocycles. The van der Waals surface area contributed by atoms with Crippen LogP contribution in [0, 0.1) is 0 Å². The summed E-state index contributed by atoms with van der Waals surface area (Å²) >= 11 is 0. The molecule has 0 bridgehead atoms. The molecular weight excluding hydrogens is 292 g/mol. The maximum Gasteiger partial charge on any atom is 0.255 e. The van der Waals surface area contributed by atoms with Gasteiger partial charge in [-0.05, 0) is 26.8 Å². The first kappa shape index (κ1) is 18.9. The second-order valence-corrected chi connectivity index (χ2v) is 5.98. The molecule has 1 aromatic heterocycles. The number of aromatic nitrogens is 1. The van der Waals surface area contributed by atoms with Crippen LogP contribution in [0.4, 0.5) is 0 Å². The molecule has 0 saturated carbocycles. The Morgan fingerprint density at radius 2 is 1.87 bits per heavy atom. The van der Waals surface area contributed by atoms with Gasteiger partial charge in [-0.3, -0.25) is 4.79 Å². The summed E-state index contributed by atoms with van der Waals surface area (Å²) in [6, 6.07) is 3.39. The molecule has 0 saturated heterocycles. The first-order chi connectivity index (χ1) is 10.9. The van der Waals surface area contributed by atoms with E-state index in [1.54, 1.807) is 29.2 Å². The number of rotatable bonds is 9. The zero-order valence-corrected chi connectivity index (χ0v) is 14.2. The van der Waals surface area contributed by atoms with E-state index in [9.17, 15) is 4.79 Å². The van der Waals surface area contributed by atoms with E-state index >= 15 is 0 Å². The molecule has 23 heavy (non-hydrogen) atoms. The van der Waals surface area contributed by atoms with Crippen molar-refractivity contribution >= 4 is 5.91 Å². The summed E-state index contributed by atoms with van der Waals surface area (Å²) in [5.74, 6) is 0.359. The third-order valence-corrected chi connectivity index (χ3v) is 2.84. The minimum Gasteiger partial charge on any atom is -0.475 e. The van der Waals surface area contributed by atoms with Crippen LogP contribution >= 0.6 is 0 Å². The van der Waals surface area contributed by atoms with Crippen LogP contribution in [-0.2, 0) is 4.74 Å². The number of hydrogen-bond donors (Lipinski definition) is 0. The van der Waals surface area contributed by atoms with Gasteiger partial charge in [-0.15, -0.1) is 13.2 Å². The van der Waals surface area contributed by atoms with E-state index in [2.05, 4.69) is 18.1 Å². The minimum atomic E-state index is -0.188. The molecule has 1 heterocycles. The van der Waals surface area contributed by atoms with Crippen molar-refractivity contribution in [1.82, 2.24) is 9.88 Å². The van der Waals surface area contributed by atoms with E-state index in [-0.39, 0.29) is 11.5 Å². The predicted molar refractivity (Wildman–Crippen MR) is 91.7 cm³/mol. The van der Waals surface area contributed by atoms with Crippen LogP contribution < -0.4 is 4.74 Å². The van der Waals surface area contributed by atoms with Gasteiger partial charge in [-0.1, -0.05) is 12.2 Å². The summed E-state index contributed by atoms with van der Waals surface area (Å²) in [5, 5.41) is 0. The predicted octanol–water partition coefficient (Wildman–Crippen LogP) is 3.09. The fourth-order valence-corrected chi connectivity index (χ4v) is 1.82. The molecule has 0 unspecified atom stereocenters. The lowest BCUT2D eigenvalue weighted by Crippen LogP contribution is -2.31. The Bertz CT molecular complexity index is 508. The third-order valence-electron chi connectivity index (χ3n) is 2.84. The molecule has 0 fully saturated rings. The van der Waals surface area contributed by atoms with Gasteiger partial charge in [0.25, 0.3) is 5.91 Å². The van der Waals surface area contributed by atoms with Crippen LogP contribution in [0.3, 0.4) is 0 Å². The zero-order valence-electron chi connectivity index (χ0n) is 14.2. The van der Waals surface area contributed by atoms with Crippen LogP contribution in [0.1, 0.15) is 31.1 Å². The summed E-state index contributed by atoms with van der Waals surface area (Å²) in [6.45, 7) is 15.1. The Balaban J connectivity index is 2.56. The number of hydrogen-bond acceptors (Lipinski definition) is 4. The SMILES string of the molecule is C=CCN(CC=C)C(=O)c1ccc(OCCOC(C)(C)C)nc1. The van der Waals surface area contributed by atoms with Gasteiger partial charge in [0.2, 0.25) is 5.88 Å². The van der Waals surface area contributed by atoms with Gasteiger partial charge >= 0.3 is 0 Å². The first-order valence-electron chi connectivity index (χ1n) is 7.61. The molecule has 0 radical (unpaired) electrons. The average Bonchev–Trinajstić information content (AvgIpc) is 2.50. The van der Waals surface area contributed by atoms with Crippen molar-refractivity contribution in [2.75, 3.05) is 26.3 Å². The van der Waals surface area contributed by atoms with E-state index < -0.39 is 0 Å². The van der Waals surface area contributed by atoms with Crippen molar-refractivity contribution in [3.05, 3.63) is 49.2 Å². The highest BCUT2D eigenvalue weighted by Gasteiger charge is 2.14. The number of pyridine rings is 1. The average molecular weight is 318 g/mol. The van der Waals surface area contributed by atoms with Gasteiger partial charge < -0.3 is 14.4 Å². The molecule has 0 aliphatic rings. The summed E-state index contributed by atoms with van der Waals surface area (Å²) in [6.07, 6.45) is 4.88. The van der Waals surface area contributed by atoms with Gasteiger partial charge in [0.1, 0.15) is 6.61 Å². The summed E-state index contributed by atoms with van der Waals surface area (Å²) < 4.78 is 11.1. The maximum absolute atomic E-state index is 12.3. The first-order valence-corrected chi connectivity index (χ1v) is 7.61. The Morgan fingerprint density at radius 1 is 1.22 bits per heavy atom. The van der Waals surface area contributed by atoms with Gasteiger partial charge in [-0.2, -0.15) is 0 Å². The topological polar surface area (TPSA) is 51.7 Å². The molecule has 0 atom stereocenters. The number of ether oxygens (including phenoxy) is 2. The van der Waals surface area contributed by atoms with Gasteiger partial charge in [-0.25, -0.2) is 4.98 Å². The molecule has 0 aromatic carbocycles. The van der Waals surface area contributed by atoms with E-state index in [1.165, 1.54) is 6.20 Å². The molecule has 0 N–H and O–H groups in total. The number of carbonyl (C=O) groups is 1. The van der Waals surface area contributed by atoms with Crippen molar-refractivity contribution in [2.24, 2.45) is 0 Å². The van der Waals surface area contributed by atoms with Crippen LogP contribution in [0.5, 0.6) is 5.88 Å². The summed E-state index contributed by atoms with van der Waals surface area (Å²) in [4.78, 5) is 18.1. The fourth-order valence-electron chi connectivity index (χ4n) is 1.82. The Kier molecular flexibility index (Phi) is 7.48. The monoisotopic (exact) mass is 318 g/mol. The highest BCUT2D eigenvalue weighted by atomic mass is 16.5. The number of nitrogens with zero attached hydrogens (tertiary/aromatic N) is 2. The molecule has 126 valence electrons. The Hall–Kier alpha value is -2.14. The lowest BCUT2D eigenvalue weighted by atomic mass is 10.2. The van der Waals surface area contributed by atoms with Crippen molar-refractivity contribution in [2.45, 2.75) is 26.4 Å². The van der Waals surface area contributed by atoms with Crippen LogP contribution in [0.2, 0.25) is 0 Å². The van der Waals surface area contributed by atoms with E-state index in [0.717, 1.165) is 0 Å². The van der Waals surface area contributed by atoms with Crippen molar-refractivity contribution in [3.63, 3.8) is 0 Å². The second-order valence-electron chi connectivity index (χ2n) is 5.98. The molecule has 5 heteroatoms. The lowest BCUT2D eigenvalue weighted by Gasteiger charge is -2.20. The van der Waals surface area contributed by atoms with Crippen molar-refractivity contribution < 1.29 is 14.3 Å². The number of carbonyl (C=O) groups excluding carboxylic acids is 1. The molecule has 5 nitrogen and oxygen atoms in total. The molecule has 1 amide bonds. The van der Waals surface area contributed by atoms with Gasteiger partial charge in [0, 0.05) is 25.4 Å². The molecular formula is C18H26N2O3. The minimum absolute atomic E-state index is 0.111. The quantitative estimate of drug-likeness (QED) is 0.518. The Labute approximate surface area is 138 Å². The van der Waals surface area contributed by atoms with E-state index in [4.69, 9.17) is 9.47 Å². The van der Waals surface area contributed by atoms with E-state index in [1.807, 2.05) is 20.8 Å². The molecule has 0 spiro atoms. The molecule has 1 rings (SSSR count). The van der Waals surface area contributed by atoms with Crippen molar-refractivity contribution in [3.8, 4) is 5.88 Å².